The number of anilines is 1. The van der Waals surface area contributed by atoms with Gasteiger partial charge in [0.15, 0.2) is 0 Å². The van der Waals surface area contributed by atoms with E-state index < -0.39 is 0 Å². The van der Waals surface area contributed by atoms with Crippen LogP contribution in [0.4, 0.5) is 5.69 Å². The van der Waals surface area contributed by atoms with Gasteiger partial charge < -0.3 is 10.3 Å². The normalized spacial score (nSPS) is 10.8. The van der Waals surface area contributed by atoms with Crippen molar-refractivity contribution in [1.29, 1.82) is 0 Å². The maximum absolute atomic E-state index is 4.30. The monoisotopic (exact) mass is 251 g/mol. The van der Waals surface area contributed by atoms with Gasteiger partial charge in [0.05, 0.1) is 0 Å². The molecule has 19 heavy (non-hydrogen) atoms. The molecule has 0 aliphatic carbocycles. The van der Waals surface area contributed by atoms with E-state index in [0.717, 1.165) is 24.3 Å². The van der Waals surface area contributed by atoms with Crippen LogP contribution in [0.2, 0.25) is 0 Å². The van der Waals surface area contributed by atoms with Crippen molar-refractivity contribution in [3.8, 4) is 0 Å². The number of fused-ring (bicyclic) bond motifs is 1. The van der Waals surface area contributed by atoms with Crippen LogP contribution in [0.15, 0.2) is 48.8 Å². The predicted molar refractivity (Wildman–Crippen MR) is 79.2 cm³/mol. The molecular weight excluding hydrogens is 234 g/mol. The molecular formula is C16H17N3. The predicted octanol–water partition coefficient (Wildman–Crippen LogP) is 3.74. The number of nitrogens with zero attached hydrogens (tertiary/aromatic N) is 1. The highest BCUT2D eigenvalue weighted by molar-refractivity contribution is 5.79. The fourth-order valence-electron chi connectivity index (χ4n) is 2.26. The zero-order valence-corrected chi connectivity index (χ0v) is 11.0. The summed E-state index contributed by atoms with van der Waals surface area (Å²) in [6.07, 6.45) is 4.89. The Morgan fingerprint density at radius 2 is 2.16 bits per heavy atom. The van der Waals surface area contributed by atoms with E-state index in [0.29, 0.717) is 0 Å². The van der Waals surface area contributed by atoms with Gasteiger partial charge in [-0.05, 0) is 41.8 Å². The largest absolute Gasteiger partial charge is 0.381 e. The molecule has 3 heteroatoms. The minimum Gasteiger partial charge on any atom is -0.381 e. The van der Waals surface area contributed by atoms with Crippen LogP contribution in [0, 0.1) is 0 Å². The van der Waals surface area contributed by atoms with Gasteiger partial charge >= 0.3 is 0 Å². The van der Waals surface area contributed by atoms with Gasteiger partial charge in [0.1, 0.15) is 5.65 Å². The van der Waals surface area contributed by atoms with Crippen molar-refractivity contribution < 1.29 is 0 Å². The van der Waals surface area contributed by atoms with Crippen molar-refractivity contribution >= 4 is 16.7 Å². The molecule has 0 aliphatic heterocycles. The number of aryl methyl sites for hydroxylation is 1. The summed E-state index contributed by atoms with van der Waals surface area (Å²) in [4.78, 5) is 7.50. The van der Waals surface area contributed by atoms with Crippen molar-refractivity contribution in [3.63, 3.8) is 0 Å². The molecule has 0 radical (unpaired) electrons. The van der Waals surface area contributed by atoms with E-state index in [-0.39, 0.29) is 0 Å². The molecule has 2 heterocycles. The molecule has 96 valence electrons. The lowest BCUT2D eigenvalue weighted by atomic mass is 10.1. The summed E-state index contributed by atoms with van der Waals surface area (Å²) in [5.74, 6) is 0. The lowest BCUT2D eigenvalue weighted by Crippen LogP contribution is -1.99. The van der Waals surface area contributed by atoms with Crippen molar-refractivity contribution in [2.45, 2.75) is 19.9 Å². The second kappa shape index (κ2) is 5.14. The van der Waals surface area contributed by atoms with Gasteiger partial charge in [0.25, 0.3) is 0 Å². The lowest BCUT2D eigenvalue weighted by Gasteiger charge is -2.07. The number of rotatable bonds is 4. The van der Waals surface area contributed by atoms with E-state index in [2.05, 4.69) is 52.5 Å². The number of benzene rings is 1. The fraction of sp³-hybridized carbons (Fsp3) is 0.188. The maximum Gasteiger partial charge on any atom is 0.137 e. The molecule has 3 aromatic rings. The summed E-state index contributed by atoms with van der Waals surface area (Å²) in [6, 6.07) is 12.6. The third-order valence-electron chi connectivity index (χ3n) is 3.35. The van der Waals surface area contributed by atoms with Gasteiger partial charge in [-0.25, -0.2) is 4.98 Å². The highest BCUT2D eigenvalue weighted by atomic mass is 14.9. The number of H-pyrrole nitrogens is 1. The van der Waals surface area contributed by atoms with Crippen molar-refractivity contribution in [2.75, 3.05) is 5.32 Å². The first-order valence-corrected chi connectivity index (χ1v) is 6.60. The van der Waals surface area contributed by atoms with Gasteiger partial charge in [0, 0.05) is 30.0 Å². The van der Waals surface area contributed by atoms with Crippen molar-refractivity contribution in [1.82, 2.24) is 9.97 Å². The number of pyridine rings is 1. The minimum atomic E-state index is 0.804. The van der Waals surface area contributed by atoms with E-state index >= 15 is 0 Å². The van der Waals surface area contributed by atoms with Crippen LogP contribution in [0.25, 0.3) is 11.0 Å². The van der Waals surface area contributed by atoms with E-state index in [9.17, 15) is 0 Å². The third kappa shape index (κ3) is 2.45. The number of aromatic nitrogens is 2. The lowest BCUT2D eigenvalue weighted by molar-refractivity contribution is 1.12. The Kier molecular flexibility index (Phi) is 3.19. The van der Waals surface area contributed by atoms with E-state index in [1.54, 1.807) is 6.20 Å². The minimum absolute atomic E-state index is 0.804. The summed E-state index contributed by atoms with van der Waals surface area (Å²) >= 11 is 0. The quantitative estimate of drug-likeness (QED) is 0.741. The van der Waals surface area contributed by atoms with E-state index in [1.807, 2.05) is 12.3 Å². The molecule has 0 saturated carbocycles. The highest BCUT2D eigenvalue weighted by Crippen LogP contribution is 2.18. The molecule has 2 aromatic heterocycles. The van der Waals surface area contributed by atoms with Crippen molar-refractivity contribution in [2.24, 2.45) is 0 Å². The third-order valence-corrected chi connectivity index (χ3v) is 3.35. The molecule has 0 fully saturated rings. The summed E-state index contributed by atoms with van der Waals surface area (Å²) in [5.41, 5.74) is 4.70. The number of hydrogen-bond donors (Lipinski definition) is 2. The molecule has 0 aliphatic rings. The summed E-state index contributed by atoms with van der Waals surface area (Å²) in [5, 5.41) is 4.65. The molecule has 1 aromatic carbocycles. The standard InChI is InChI=1S/C16H17N3/c1-2-12-5-3-6-14(9-12)18-10-13-11-19-16-15(13)7-4-8-17-16/h3-9,11,18H,2,10H2,1H3,(H,17,19). The number of nitrogens with one attached hydrogen (secondary N) is 2. The average Bonchev–Trinajstić information content (AvgIpc) is 2.89. The Morgan fingerprint density at radius 1 is 1.21 bits per heavy atom. The molecule has 0 atom stereocenters. The molecule has 0 unspecified atom stereocenters. The van der Waals surface area contributed by atoms with Crippen LogP contribution in [0.1, 0.15) is 18.1 Å². The topological polar surface area (TPSA) is 40.7 Å². The number of hydrogen-bond acceptors (Lipinski definition) is 2. The van der Waals surface area contributed by atoms with Crippen LogP contribution >= 0.6 is 0 Å². The highest BCUT2D eigenvalue weighted by Gasteiger charge is 2.03. The first-order chi connectivity index (χ1) is 9.36. The van der Waals surface area contributed by atoms with Crippen LogP contribution in [-0.4, -0.2) is 9.97 Å². The zero-order chi connectivity index (χ0) is 13.1. The molecule has 2 N–H and O–H groups in total. The maximum atomic E-state index is 4.30. The Bertz CT molecular complexity index is 685. The summed E-state index contributed by atoms with van der Waals surface area (Å²) < 4.78 is 0. The first kappa shape index (κ1) is 11.8. The Labute approximate surface area is 112 Å². The van der Waals surface area contributed by atoms with Gasteiger partial charge in [-0.1, -0.05) is 19.1 Å². The van der Waals surface area contributed by atoms with Gasteiger partial charge in [-0.15, -0.1) is 0 Å². The summed E-state index contributed by atoms with van der Waals surface area (Å²) in [7, 11) is 0. The smallest absolute Gasteiger partial charge is 0.137 e. The van der Waals surface area contributed by atoms with Crippen LogP contribution in [-0.2, 0) is 13.0 Å². The molecule has 3 rings (SSSR count). The zero-order valence-electron chi connectivity index (χ0n) is 11.0. The Hall–Kier alpha value is -2.29. The van der Waals surface area contributed by atoms with Crippen LogP contribution in [0.5, 0.6) is 0 Å². The second-order valence-electron chi connectivity index (χ2n) is 4.62. The van der Waals surface area contributed by atoms with Crippen LogP contribution < -0.4 is 5.32 Å². The van der Waals surface area contributed by atoms with Crippen molar-refractivity contribution in [3.05, 3.63) is 59.9 Å². The number of aromatic amines is 1. The average molecular weight is 251 g/mol. The van der Waals surface area contributed by atoms with E-state index in [4.69, 9.17) is 0 Å². The fourth-order valence-corrected chi connectivity index (χ4v) is 2.26. The van der Waals surface area contributed by atoms with Gasteiger partial charge in [-0.2, -0.15) is 0 Å². The van der Waals surface area contributed by atoms with Gasteiger partial charge in [-0.3, -0.25) is 0 Å². The molecule has 0 amide bonds. The molecule has 0 bridgehead atoms. The second-order valence-corrected chi connectivity index (χ2v) is 4.62. The SMILES string of the molecule is CCc1cccc(NCc2c[nH]c3ncccc23)c1. The Balaban J connectivity index is 1.78. The summed E-state index contributed by atoms with van der Waals surface area (Å²) in [6.45, 7) is 2.98. The first-order valence-electron chi connectivity index (χ1n) is 6.60. The van der Waals surface area contributed by atoms with E-state index in [1.165, 1.54) is 16.5 Å². The molecule has 3 nitrogen and oxygen atoms in total. The van der Waals surface area contributed by atoms with Crippen LogP contribution in [0.3, 0.4) is 0 Å². The van der Waals surface area contributed by atoms with Gasteiger partial charge in [0.2, 0.25) is 0 Å². The molecule has 0 spiro atoms. The Morgan fingerprint density at radius 3 is 3.05 bits per heavy atom. The molecule has 0 saturated heterocycles.